The molecule has 0 spiro atoms. The van der Waals surface area contributed by atoms with Gasteiger partial charge in [0.1, 0.15) is 6.33 Å². The molecule has 168 valence electrons. The molecule has 0 aliphatic carbocycles. The number of amides is 1. The van der Waals surface area contributed by atoms with Gasteiger partial charge in [-0.05, 0) is 49.9 Å². The van der Waals surface area contributed by atoms with E-state index >= 15 is 0 Å². The van der Waals surface area contributed by atoms with Crippen molar-refractivity contribution in [2.75, 3.05) is 0 Å². The third kappa shape index (κ3) is 2.96. The molecule has 10 heteroatoms. The molecule has 1 fully saturated rings. The first-order chi connectivity index (χ1) is 15.9. The quantitative estimate of drug-likeness (QED) is 0.434. The van der Waals surface area contributed by atoms with Crippen LogP contribution in [0, 0.1) is 17.5 Å². The minimum atomic E-state index is -1.49. The number of pyridine rings is 1. The number of fused-ring (bicyclic) bond motifs is 5. The van der Waals surface area contributed by atoms with Gasteiger partial charge in [0.05, 0.1) is 17.4 Å². The summed E-state index contributed by atoms with van der Waals surface area (Å²) in [4.78, 5) is 15.5. The Bertz CT molecular complexity index is 1400. The topological polar surface area (TPSA) is 68.3 Å². The zero-order chi connectivity index (χ0) is 22.9. The molecule has 2 bridgehead atoms. The lowest BCUT2D eigenvalue weighted by Crippen LogP contribution is -2.49. The summed E-state index contributed by atoms with van der Waals surface area (Å²) >= 11 is 0. The van der Waals surface area contributed by atoms with Crippen LogP contribution >= 0.6 is 0 Å². The van der Waals surface area contributed by atoms with Crippen molar-refractivity contribution in [1.82, 2.24) is 29.3 Å². The van der Waals surface area contributed by atoms with Gasteiger partial charge in [-0.15, -0.1) is 10.2 Å². The second-order valence-corrected chi connectivity index (χ2v) is 8.62. The van der Waals surface area contributed by atoms with Crippen molar-refractivity contribution in [3.63, 3.8) is 0 Å². The lowest BCUT2D eigenvalue weighted by atomic mass is 9.81. The van der Waals surface area contributed by atoms with E-state index in [1.807, 2.05) is 4.90 Å². The Morgan fingerprint density at radius 2 is 1.91 bits per heavy atom. The van der Waals surface area contributed by atoms with E-state index in [1.165, 1.54) is 0 Å². The van der Waals surface area contributed by atoms with Crippen molar-refractivity contribution in [3.05, 3.63) is 71.1 Å². The number of aryl methyl sites for hydroxylation is 1. The first-order valence-electron chi connectivity index (χ1n) is 10.7. The molecule has 3 aromatic heterocycles. The molecule has 0 saturated carbocycles. The highest BCUT2D eigenvalue weighted by molar-refractivity contribution is 5.96. The van der Waals surface area contributed by atoms with E-state index in [0.717, 1.165) is 42.7 Å². The zero-order valence-corrected chi connectivity index (χ0v) is 17.7. The molecule has 1 saturated heterocycles. The molecular formula is C23H19F3N6O. The fourth-order valence-electron chi connectivity index (χ4n) is 5.30. The van der Waals surface area contributed by atoms with Crippen LogP contribution in [0.3, 0.4) is 0 Å². The molecule has 2 atom stereocenters. The summed E-state index contributed by atoms with van der Waals surface area (Å²) in [6, 6.07) is 5.14. The molecule has 5 heterocycles. The standard InChI is InChI=1S/C23H19F3N6O/c1-30-22(13-7-16(24)20(26)17(25)8-13)15-10-14-3-2-4-18(21(15)29-30)32(14)23(33)12-5-6-31-11-27-28-19(31)9-12/h5-9,11,14,18H,2-4,10H2,1H3. The van der Waals surface area contributed by atoms with Crippen molar-refractivity contribution in [3.8, 4) is 11.3 Å². The van der Waals surface area contributed by atoms with Gasteiger partial charge in [-0.3, -0.25) is 13.9 Å². The van der Waals surface area contributed by atoms with Crippen LogP contribution in [0.4, 0.5) is 13.2 Å². The molecule has 7 nitrogen and oxygen atoms in total. The van der Waals surface area contributed by atoms with E-state index in [2.05, 4.69) is 15.3 Å². The van der Waals surface area contributed by atoms with Crippen LogP contribution in [0.2, 0.25) is 0 Å². The lowest BCUT2D eigenvalue weighted by molar-refractivity contribution is 0.0392. The maximum Gasteiger partial charge on any atom is 0.254 e. The molecular weight excluding hydrogens is 433 g/mol. The minimum absolute atomic E-state index is 0.0732. The van der Waals surface area contributed by atoms with Crippen LogP contribution in [-0.2, 0) is 13.5 Å². The smallest absolute Gasteiger partial charge is 0.254 e. The van der Waals surface area contributed by atoms with Crippen molar-refractivity contribution in [2.45, 2.75) is 37.8 Å². The van der Waals surface area contributed by atoms with E-state index in [-0.39, 0.29) is 23.6 Å². The molecule has 0 N–H and O–H groups in total. The highest BCUT2D eigenvalue weighted by atomic mass is 19.2. The van der Waals surface area contributed by atoms with Gasteiger partial charge >= 0.3 is 0 Å². The monoisotopic (exact) mass is 452 g/mol. The molecule has 33 heavy (non-hydrogen) atoms. The Morgan fingerprint density at radius 3 is 2.70 bits per heavy atom. The second kappa shape index (κ2) is 7.16. The number of aromatic nitrogens is 5. The first kappa shape index (κ1) is 20.0. The van der Waals surface area contributed by atoms with Gasteiger partial charge in [-0.1, -0.05) is 0 Å². The summed E-state index contributed by atoms with van der Waals surface area (Å²) in [6.07, 6.45) is 6.34. The van der Waals surface area contributed by atoms with E-state index in [1.54, 1.807) is 40.8 Å². The predicted molar refractivity (Wildman–Crippen MR) is 112 cm³/mol. The van der Waals surface area contributed by atoms with E-state index in [9.17, 15) is 18.0 Å². The number of hydrogen-bond donors (Lipinski definition) is 0. The summed E-state index contributed by atoms with van der Waals surface area (Å²) in [5, 5.41) is 12.5. The maximum absolute atomic E-state index is 14.0. The summed E-state index contributed by atoms with van der Waals surface area (Å²) in [5.74, 6) is -4.08. The fraction of sp³-hybridized carbons (Fsp3) is 0.304. The molecule has 1 amide bonds. The number of carbonyl (C=O) groups excluding carboxylic acids is 1. The van der Waals surface area contributed by atoms with Crippen LogP contribution in [0.15, 0.2) is 36.8 Å². The predicted octanol–water partition coefficient (Wildman–Crippen LogP) is 3.84. The van der Waals surface area contributed by atoms with Crippen LogP contribution in [-0.4, -0.2) is 41.2 Å². The maximum atomic E-state index is 14.0. The van der Waals surface area contributed by atoms with Crippen molar-refractivity contribution >= 4 is 11.6 Å². The first-order valence-corrected chi connectivity index (χ1v) is 10.7. The van der Waals surface area contributed by atoms with Gasteiger partial charge < -0.3 is 4.90 Å². The molecule has 1 aromatic carbocycles. The highest BCUT2D eigenvalue weighted by Crippen LogP contribution is 2.45. The van der Waals surface area contributed by atoms with Crippen LogP contribution in [0.1, 0.15) is 46.9 Å². The molecule has 4 aromatic rings. The molecule has 2 aliphatic rings. The van der Waals surface area contributed by atoms with Crippen LogP contribution < -0.4 is 0 Å². The summed E-state index contributed by atoms with van der Waals surface area (Å²) in [7, 11) is 1.70. The normalized spacial score (nSPS) is 19.7. The van der Waals surface area contributed by atoms with Gasteiger partial charge in [0.25, 0.3) is 5.91 Å². The average molecular weight is 452 g/mol. The van der Waals surface area contributed by atoms with Gasteiger partial charge in [-0.25, -0.2) is 13.2 Å². The SMILES string of the molecule is Cn1nc2c(c1-c1cc(F)c(F)c(F)c1)CC1CCCC2N1C(=O)c1ccn2cnnc2c1. The Labute approximate surface area is 186 Å². The Morgan fingerprint density at radius 1 is 1.12 bits per heavy atom. The lowest BCUT2D eigenvalue weighted by Gasteiger charge is -2.45. The third-order valence-corrected chi connectivity index (χ3v) is 6.71. The second-order valence-electron chi connectivity index (χ2n) is 8.62. The van der Waals surface area contributed by atoms with Crippen molar-refractivity contribution in [1.29, 1.82) is 0 Å². The fourth-order valence-corrected chi connectivity index (χ4v) is 5.30. The van der Waals surface area contributed by atoms with E-state index in [4.69, 9.17) is 0 Å². The minimum Gasteiger partial charge on any atom is -0.327 e. The van der Waals surface area contributed by atoms with Gasteiger partial charge in [0, 0.05) is 36.0 Å². The summed E-state index contributed by atoms with van der Waals surface area (Å²) in [6.45, 7) is 0. The van der Waals surface area contributed by atoms with Crippen LogP contribution in [0.5, 0.6) is 0 Å². The Hall–Kier alpha value is -3.69. The van der Waals surface area contributed by atoms with Crippen molar-refractivity contribution in [2.24, 2.45) is 7.05 Å². The van der Waals surface area contributed by atoms with E-state index < -0.39 is 17.5 Å². The summed E-state index contributed by atoms with van der Waals surface area (Å²) in [5.41, 5.74) is 3.48. The average Bonchev–Trinajstić information content (AvgIpc) is 3.39. The highest BCUT2D eigenvalue weighted by Gasteiger charge is 2.43. The number of nitrogens with zero attached hydrogens (tertiary/aromatic N) is 6. The van der Waals surface area contributed by atoms with Gasteiger partial charge in [0.2, 0.25) is 0 Å². The Balaban J connectivity index is 1.43. The third-order valence-electron chi connectivity index (χ3n) is 6.71. The number of hydrogen-bond acceptors (Lipinski definition) is 4. The number of halogens is 3. The Kier molecular flexibility index (Phi) is 4.33. The number of carbonyl (C=O) groups is 1. The summed E-state index contributed by atoms with van der Waals surface area (Å²) < 4.78 is 44.8. The largest absolute Gasteiger partial charge is 0.327 e. The van der Waals surface area contributed by atoms with Gasteiger partial charge in [0.15, 0.2) is 23.1 Å². The van der Waals surface area contributed by atoms with Crippen molar-refractivity contribution < 1.29 is 18.0 Å². The molecule has 0 radical (unpaired) electrons. The molecule has 2 aliphatic heterocycles. The zero-order valence-electron chi connectivity index (χ0n) is 17.7. The number of benzene rings is 1. The van der Waals surface area contributed by atoms with E-state index in [0.29, 0.717) is 23.3 Å². The van der Waals surface area contributed by atoms with Gasteiger partial charge in [-0.2, -0.15) is 5.10 Å². The number of piperidine rings is 1. The number of rotatable bonds is 2. The molecule has 6 rings (SSSR count). The van der Waals surface area contributed by atoms with Crippen LogP contribution in [0.25, 0.3) is 16.9 Å². The molecule has 2 unspecified atom stereocenters.